The van der Waals surface area contributed by atoms with E-state index >= 15 is 0 Å². The van der Waals surface area contributed by atoms with Gasteiger partial charge >= 0.3 is 0 Å². The van der Waals surface area contributed by atoms with Gasteiger partial charge in [-0.15, -0.1) is 5.10 Å². The molecule has 0 saturated heterocycles. The molecule has 0 aliphatic heterocycles. The fourth-order valence-corrected chi connectivity index (χ4v) is 1.82. The van der Waals surface area contributed by atoms with Crippen LogP contribution in [0.1, 0.15) is 5.56 Å². The maximum Gasteiger partial charge on any atom is 0.211 e. The molecule has 0 radical (unpaired) electrons. The molecule has 120 valence electrons. The second-order valence-corrected chi connectivity index (χ2v) is 4.43. The van der Waals surface area contributed by atoms with Gasteiger partial charge in [0.25, 0.3) is 0 Å². The van der Waals surface area contributed by atoms with Gasteiger partial charge in [-0.05, 0) is 24.3 Å². The monoisotopic (exact) mass is 314 g/mol. The van der Waals surface area contributed by atoms with Crippen LogP contribution in [0.4, 0.5) is 0 Å². The number of methoxy groups -OCH3 is 2. The van der Waals surface area contributed by atoms with Crippen molar-refractivity contribution in [2.45, 2.75) is 0 Å². The van der Waals surface area contributed by atoms with E-state index in [1.54, 1.807) is 38.5 Å². The SMILES string of the molecule is COc1ccc(OC)c(Oc2ccccc2/C=N/N=C(N)N)c1. The molecule has 0 fully saturated rings. The predicted molar refractivity (Wildman–Crippen MR) is 89.5 cm³/mol. The lowest BCUT2D eigenvalue weighted by Gasteiger charge is -2.13. The van der Waals surface area contributed by atoms with Gasteiger partial charge in [0.15, 0.2) is 11.5 Å². The normalized spacial score (nSPS) is 10.3. The first kappa shape index (κ1) is 16.2. The van der Waals surface area contributed by atoms with Crippen LogP contribution >= 0.6 is 0 Å². The number of para-hydroxylation sites is 1. The zero-order valence-electron chi connectivity index (χ0n) is 12.9. The van der Waals surface area contributed by atoms with Gasteiger partial charge in [-0.3, -0.25) is 0 Å². The lowest BCUT2D eigenvalue weighted by Crippen LogP contribution is -2.21. The van der Waals surface area contributed by atoms with Crippen LogP contribution in [0.2, 0.25) is 0 Å². The summed E-state index contributed by atoms with van der Waals surface area (Å²) in [7, 11) is 3.15. The minimum Gasteiger partial charge on any atom is -0.497 e. The second kappa shape index (κ2) is 7.69. The molecule has 0 aliphatic rings. The van der Waals surface area contributed by atoms with Crippen molar-refractivity contribution in [3.05, 3.63) is 48.0 Å². The quantitative estimate of drug-likeness (QED) is 0.482. The smallest absolute Gasteiger partial charge is 0.211 e. The third kappa shape index (κ3) is 4.37. The molecule has 0 atom stereocenters. The summed E-state index contributed by atoms with van der Waals surface area (Å²) >= 11 is 0. The highest BCUT2D eigenvalue weighted by molar-refractivity contribution is 5.84. The van der Waals surface area contributed by atoms with E-state index < -0.39 is 0 Å². The Morgan fingerprint density at radius 2 is 1.74 bits per heavy atom. The van der Waals surface area contributed by atoms with Crippen LogP contribution < -0.4 is 25.7 Å². The zero-order chi connectivity index (χ0) is 16.7. The Kier molecular flexibility index (Phi) is 5.40. The highest BCUT2D eigenvalue weighted by atomic mass is 16.5. The molecule has 7 nitrogen and oxygen atoms in total. The molecule has 0 spiro atoms. The Labute approximate surface area is 134 Å². The van der Waals surface area contributed by atoms with Crippen LogP contribution in [0.25, 0.3) is 0 Å². The number of nitrogens with zero attached hydrogens (tertiary/aromatic N) is 2. The molecule has 0 unspecified atom stereocenters. The van der Waals surface area contributed by atoms with Gasteiger partial charge in [0, 0.05) is 11.6 Å². The summed E-state index contributed by atoms with van der Waals surface area (Å²) < 4.78 is 16.4. The first-order valence-electron chi connectivity index (χ1n) is 6.75. The molecule has 23 heavy (non-hydrogen) atoms. The summed E-state index contributed by atoms with van der Waals surface area (Å²) in [5.41, 5.74) is 11.2. The topological polar surface area (TPSA) is 104 Å². The van der Waals surface area contributed by atoms with Gasteiger partial charge in [-0.2, -0.15) is 5.10 Å². The average molecular weight is 314 g/mol. The van der Waals surface area contributed by atoms with Crippen molar-refractivity contribution in [2.24, 2.45) is 21.7 Å². The summed E-state index contributed by atoms with van der Waals surface area (Å²) in [6.45, 7) is 0. The van der Waals surface area contributed by atoms with Crippen molar-refractivity contribution < 1.29 is 14.2 Å². The van der Waals surface area contributed by atoms with Crippen LogP contribution in [0.15, 0.2) is 52.7 Å². The fraction of sp³-hybridized carbons (Fsp3) is 0.125. The number of benzene rings is 2. The number of guanidine groups is 1. The lowest BCUT2D eigenvalue weighted by atomic mass is 10.2. The van der Waals surface area contributed by atoms with E-state index in [1.807, 2.05) is 18.2 Å². The summed E-state index contributed by atoms with van der Waals surface area (Å²) in [5.74, 6) is 2.23. The van der Waals surface area contributed by atoms with Gasteiger partial charge in [0.1, 0.15) is 11.5 Å². The lowest BCUT2D eigenvalue weighted by molar-refractivity contribution is 0.371. The summed E-state index contributed by atoms with van der Waals surface area (Å²) in [5, 5.41) is 7.37. The molecule has 0 amide bonds. The van der Waals surface area contributed by atoms with Crippen molar-refractivity contribution in [3.8, 4) is 23.0 Å². The summed E-state index contributed by atoms with van der Waals surface area (Å²) in [4.78, 5) is 0. The number of ether oxygens (including phenoxy) is 3. The van der Waals surface area contributed by atoms with E-state index in [0.717, 1.165) is 0 Å². The highest BCUT2D eigenvalue weighted by Crippen LogP contribution is 2.35. The molecule has 7 heteroatoms. The van der Waals surface area contributed by atoms with Crippen LogP contribution in [-0.2, 0) is 0 Å². The standard InChI is InChI=1S/C16H18N4O3/c1-21-12-7-8-14(22-2)15(9-12)23-13-6-4-3-5-11(13)10-19-20-16(17)18/h3-10H,1-2H3,(H4,17,18,20)/b19-10+. The van der Waals surface area contributed by atoms with Crippen molar-refractivity contribution in [1.82, 2.24) is 0 Å². The van der Waals surface area contributed by atoms with Gasteiger partial charge < -0.3 is 25.7 Å². The minimum atomic E-state index is -0.117. The van der Waals surface area contributed by atoms with Gasteiger partial charge in [0.2, 0.25) is 5.96 Å². The van der Waals surface area contributed by atoms with E-state index in [9.17, 15) is 0 Å². The molecule has 0 saturated carbocycles. The third-order valence-electron chi connectivity index (χ3n) is 2.88. The predicted octanol–water partition coefficient (Wildman–Crippen LogP) is 2.10. The second-order valence-electron chi connectivity index (χ2n) is 4.43. The summed E-state index contributed by atoms with van der Waals surface area (Å²) in [6, 6.07) is 12.6. The van der Waals surface area contributed by atoms with E-state index in [4.69, 9.17) is 25.7 Å². The Bertz CT molecular complexity index is 725. The van der Waals surface area contributed by atoms with Crippen LogP contribution in [0, 0.1) is 0 Å². The van der Waals surface area contributed by atoms with E-state index in [2.05, 4.69) is 10.2 Å². The van der Waals surface area contributed by atoms with Crippen molar-refractivity contribution >= 4 is 12.2 Å². The zero-order valence-corrected chi connectivity index (χ0v) is 12.9. The van der Waals surface area contributed by atoms with Gasteiger partial charge in [0.05, 0.1) is 20.4 Å². The summed E-state index contributed by atoms with van der Waals surface area (Å²) in [6.07, 6.45) is 1.50. The van der Waals surface area contributed by atoms with Crippen LogP contribution in [0.3, 0.4) is 0 Å². The maximum atomic E-state index is 5.92. The fourth-order valence-electron chi connectivity index (χ4n) is 1.82. The molecule has 0 heterocycles. The largest absolute Gasteiger partial charge is 0.497 e. The van der Waals surface area contributed by atoms with Crippen molar-refractivity contribution in [1.29, 1.82) is 0 Å². The first-order chi connectivity index (χ1) is 11.1. The molecule has 0 bridgehead atoms. The Morgan fingerprint density at radius 3 is 2.43 bits per heavy atom. The average Bonchev–Trinajstić information content (AvgIpc) is 2.56. The third-order valence-corrected chi connectivity index (χ3v) is 2.88. The molecule has 2 aromatic rings. The molecule has 2 aromatic carbocycles. The molecule has 0 aromatic heterocycles. The number of hydrogen-bond donors (Lipinski definition) is 2. The number of hydrogen-bond acceptors (Lipinski definition) is 5. The van der Waals surface area contributed by atoms with Crippen molar-refractivity contribution in [3.63, 3.8) is 0 Å². The molecule has 2 rings (SSSR count). The van der Waals surface area contributed by atoms with Crippen LogP contribution in [-0.4, -0.2) is 26.4 Å². The molecule has 0 aliphatic carbocycles. The Hall–Kier alpha value is -3.22. The van der Waals surface area contributed by atoms with Crippen LogP contribution in [0.5, 0.6) is 23.0 Å². The molecule has 4 N–H and O–H groups in total. The Morgan fingerprint density at radius 1 is 0.957 bits per heavy atom. The first-order valence-corrected chi connectivity index (χ1v) is 6.75. The number of rotatable bonds is 6. The maximum absolute atomic E-state index is 5.92. The van der Waals surface area contributed by atoms with Gasteiger partial charge in [-0.25, -0.2) is 0 Å². The van der Waals surface area contributed by atoms with E-state index in [0.29, 0.717) is 28.6 Å². The van der Waals surface area contributed by atoms with Gasteiger partial charge in [-0.1, -0.05) is 12.1 Å². The Balaban J connectivity index is 2.33. The molecular formula is C16H18N4O3. The number of nitrogens with two attached hydrogens (primary N) is 2. The minimum absolute atomic E-state index is 0.117. The van der Waals surface area contributed by atoms with Crippen molar-refractivity contribution in [2.75, 3.05) is 14.2 Å². The molecular weight excluding hydrogens is 296 g/mol. The van der Waals surface area contributed by atoms with E-state index in [1.165, 1.54) is 6.21 Å². The highest BCUT2D eigenvalue weighted by Gasteiger charge is 2.09. The van der Waals surface area contributed by atoms with E-state index in [-0.39, 0.29) is 5.96 Å².